The molecule has 0 aromatic carbocycles. The lowest BCUT2D eigenvalue weighted by atomic mass is 10.1. The maximum absolute atomic E-state index is 12.2. The van der Waals surface area contributed by atoms with Crippen molar-refractivity contribution in [2.24, 2.45) is 0 Å². The fraction of sp³-hybridized carbons (Fsp3) is 0.632. The van der Waals surface area contributed by atoms with Crippen molar-refractivity contribution in [3.05, 3.63) is 35.9 Å². The Bertz CT molecular complexity index is 762. The summed E-state index contributed by atoms with van der Waals surface area (Å²) in [4.78, 5) is 16.6. The van der Waals surface area contributed by atoms with E-state index in [-0.39, 0.29) is 12.1 Å². The minimum absolute atomic E-state index is 0.0767. The SMILES string of the molecule is CCn1cc(CN2Cc3ccnn3[C@@H](CCNC(=O)N3CCCC3)C2)cn1. The molecule has 0 radical (unpaired) electrons. The van der Waals surface area contributed by atoms with Crippen molar-refractivity contribution in [3.63, 3.8) is 0 Å². The van der Waals surface area contributed by atoms with Gasteiger partial charge in [-0.1, -0.05) is 0 Å². The van der Waals surface area contributed by atoms with E-state index < -0.39 is 0 Å². The molecule has 2 aliphatic rings. The maximum Gasteiger partial charge on any atom is 0.317 e. The Balaban J connectivity index is 1.34. The van der Waals surface area contributed by atoms with Gasteiger partial charge in [-0.2, -0.15) is 10.2 Å². The number of amides is 2. The van der Waals surface area contributed by atoms with E-state index in [2.05, 4.69) is 44.3 Å². The van der Waals surface area contributed by atoms with Crippen LogP contribution in [0.2, 0.25) is 0 Å². The topological polar surface area (TPSA) is 71.2 Å². The summed E-state index contributed by atoms with van der Waals surface area (Å²) in [5, 5.41) is 12.0. The molecule has 2 aliphatic heterocycles. The average Bonchev–Trinajstić information content (AvgIpc) is 3.42. The van der Waals surface area contributed by atoms with E-state index in [0.29, 0.717) is 6.54 Å². The minimum Gasteiger partial charge on any atom is -0.338 e. The second kappa shape index (κ2) is 8.12. The molecule has 146 valence electrons. The predicted molar refractivity (Wildman–Crippen MR) is 102 cm³/mol. The number of fused-ring (bicyclic) bond motifs is 1. The first-order valence-electron chi connectivity index (χ1n) is 10.0. The van der Waals surface area contributed by atoms with Crippen molar-refractivity contribution in [2.45, 2.75) is 51.9 Å². The van der Waals surface area contributed by atoms with Gasteiger partial charge in [-0.05, 0) is 32.3 Å². The Morgan fingerprint density at radius 3 is 2.93 bits per heavy atom. The van der Waals surface area contributed by atoms with Crippen LogP contribution in [0.3, 0.4) is 0 Å². The predicted octanol–water partition coefficient (Wildman–Crippen LogP) is 1.85. The summed E-state index contributed by atoms with van der Waals surface area (Å²) in [7, 11) is 0. The highest BCUT2D eigenvalue weighted by Gasteiger charge is 2.26. The molecule has 0 bridgehead atoms. The van der Waals surface area contributed by atoms with Gasteiger partial charge in [-0.3, -0.25) is 14.3 Å². The summed E-state index contributed by atoms with van der Waals surface area (Å²) in [6.07, 6.45) is 9.09. The molecule has 8 nitrogen and oxygen atoms in total. The first-order chi connectivity index (χ1) is 13.2. The van der Waals surface area contributed by atoms with E-state index in [1.807, 2.05) is 22.0 Å². The number of hydrogen-bond donors (Lipinski definition) is 1. The lowest BCUT2D eigenvalue weighted by molar-refractivity contribution is 0.160. The summed E-state index contributed by atoms with van der Waals surface area (Å²) >= 11 is 0. The van der Waals surface area contributed by atoms with Gasteiger partial charge < -0.3 is 10.2 Å². The van der Waals surface area contributed by atoms with Crippen LogP contribution < -0.4 is 5.32 Å². The maximum atomic E-state index is 12.2. The van der Waals surface area contributed by atoms with E-state index in [4.69, 9.17) is 0 Å². The number of rotatable bonds is 6. The molecule has 0 spiro atoms. The zero-order chi connectivity index (χ0) is 18.6. The van der Waals surface area contributed by atoms with Crippen molar-refractivity contribution in [3.8, 4) is 0 Å². The van der Waals surface area contributed by atoms with E-state index in [9.17, 15) is 4.79 Å². The zero-order valence-electron chi connectivity index (χ0n) is 16.0. The molecule has 1 atom stereocenters. The summed E-state index contributed by atoms with van der Waals surface area (Å²) < 4.78 is 4.10. The summed E-state index contributed by atoms with van der Waals surface area (Å²) in [6, 6.07) is 2.45. The second-order valence-corrected chi connectivity index (χ2v) is 7.51. The van der Waals surface area contributed by atoms with E-state index in [0.717, 1.165) is 58.5 Å². The van der Waals surface area contributed by atoms with Gasteiger partial charge in [0, 0.05) is 63.8 Å². The molecule has 1 N–H and O–H groups in total. The van der Waals surface area contributed by atoms with E-state index >= 15 is 0 Å². The standard InChI is InChI=1S/C19H29N7O/c1-2-25-13-16(11-22-25)12-23-14-17(26-18(15-23)6-8-21-26)5-7-20-19(27)24-9-3-4-10-24/h6,8,11,13,17H,2-5,7,9-10,12,14-15H2,1H3,(H,20,27)/t17-/m0/s1. The van der Waals surface area contributed by atoms with Crippen LogP contribution in [-0.2, 0) is 19.6 Å². The van der Waals surface area contributed by atoms with Crippen LogP contribution in [0.4, 0.5) is 4.79 Å². The Labute approximate surface area is 160 Å². The third kappa shape index (κ3) is 4.16. The monoisotopic (exact) mass is 371 g/mol. The van der Waals surface area contributed by atoms with Gasteiger partial charge in [0.05, 0.1) is 17.9 Å². The van der Waals surface area contributed by atoms with Crippen LogP contribution in [0.25, 0.3) is 0 Å². The number of aryl methyl sites for hydroxylation is 1. The third-order valence-corrected chi connectivity index (χ3v) is 5.52. The quantitative estimate of drug-likeness (QED) is 0.841. The van der Waals surface area contributed by atoms with Gasteiger partial charge in [0.2, 0.25) is 0 Å². The van der Waals surface area contributed by atoms with Crippen LogP contribution in [-0.4, -0.2) is 61.6 Å². The Kier molecular flexibility index (Phi) is 5.42. The number of nitrogens with one attached hydrogen (secondary N) is 1. The van der Waals surface area contributed by atoms with Gasteiger partial charge in [0.25, 0.3) is 0 Å². The molecular weight excluding hydrogens is 342 g/mol. The molecule has 2 aromatic rings. The Morgan fingerprint density at radius 2 is 2.15 bits per heavy atom. The van der Waals surface area contributed by atoms with Gasteiger partial charge in [0.1, 0.15) is 0 Å². The fourth-order valence-corrected chi connectivity index (χ4v) is 4.10. The fourth-order valence-electron chi connectivity index (χ4n) is 4.10. The van der Waals surface area contributed by atoms with Gasteiger partial charge in [0.15, 0.2) is 0 Å². The summed E-state index contributed by atoms with van der Waals surface area (Å²) in [5.74, 6) is 0. The van der Waals surface area contributed by atoms with Crippen molar-refractivity contribution in [1.29, 1.82) is 0 Å². The normalized spacial score (nSPS) is 20.0. The lowest BCUT2D eigenvalue weighted by Crippen LogP contribution is -2.41. The molecular formula is C19H29N7O. The van der Waals surface area contributed by atoms with Crippen LogP contribution in [0.5, 0.6) is 0 Å². The number of carbonyl (C=O) groups excluding carboxylic acids is 1. The summed E-state index contributed by atoms with van der Waals surface area (Å²) in [5.41, 5.74) is 2.48. The number of aromatic nitrogens is 4. The molecule has 4 rings (SSSR count). The van der Waals surface area contributed by atoms with E-state index in [1.165, 1.54) is 11.3 Å². The molecule has 0 unspecified atom stereocenters. The first-order valence-corrected chi connectivity index (χ1v) is 10.0. The highest BCUT2D eigenvalue weighted by Crippen LogP contribution is 2.24. The smallest absolute Gasteiger partial charge is 0.317 e. The third-order valence-electron chi connectivity index (χ3n) is 5.52. The van der Waals surface area contributed by atoms with Crippen LogP contribution in [0.15, 0.2) is 24.7 Å². The van der Waals surface area contributed by atoms with Crippen molar-refractivity contribution < 1.29 is 4.79 Å². The molecule has 2 aromatic heterocycles. The first kappa shape index (κ1) is 18.0. The van der Waals surface area contributed by atoms with Gasteiger partial charge in [-0.25, -0.2) is 4.79 Å². The van der Waals surface area contributed by atoms with Crippen LogP contribution >= 0.6 is 0 Å². The minimum atomic E-state index is 0.0767. The van der Waals surface area contributed by atoms with Crippen molar-refractivity contribution in [2.75, 3.05) is 26.2 Å². The Hall–Kier alpha value is -2.35. The van der Waals surface area contributed by atoms with Gasteiger partial charge in [-0.15, -0.1) is 0 Å². The Morgan fingerprint density at radius 1 is 1.30 bits per heavy atom. The lowest BCUT2D eigenvalue weighted by Gasteiger charge is -2.33. The number of carbonyl (C=O) groups is 1. The molecule has 1 saturated heterocycles. The van der Waals surface area contributed by atoms with E-state index in [1.54, 1.807) is 0 Å². The van der Waals surface area contributed by atoms with Crippen molar-refractivity contribution >= 4 is 6.03 Å². The molecule has 0 aliphatic carbocycles. The van der Waals surface area contributed by atoms with Crippen molar-refractivity contribution in [1.82, 2.24) is 34.7 Å². The van der Waals surface area contributed by atoms with Crippen LogP contribution in [0, 0.1) is 0 Å². The zero-order valence-corrected chi connectivity index (χ0v) is 16.0. The number of likely N-dealkylation sites (tertiary alicyclic amines) is 1. The summed E-state index contributed by atoms with van der Waals surface area (Å²) in [6.45, 7) is 8.17. The largest absolute Gasteiger partial charge is 0.338 e. The molecule has 0 saturated carbocycles. The van der Waals surface area contributed by atoms with Gasteiger partial charge >= 0.3 is 6.03 Å². The highest BCUT2D eigenvalue weighted by atomic mass is 16.2. The number of nitrogens with zero attached hydrogens (tertiary/aromatic N) is 6. The number of urea groups is 1. The van der Waals surface area contributed by atoms with Crippen LogP contribution in [0.1, 0.15) is 43.5 Å². The molecule has 1 fully saturated rings. The molecule has 8 heteroatoms. The highest BCUT2D eigenvalue weighted by molar-refractivity contribution is 5.74. The average molecular weight is 371 g/mol. The molecule has 27 heavy (non-hydrogen) atoms. The molecule has 2 amide bonds. The molecule has 4 heterocycles. The second-order valence-electron chi connectivity index (χ2n) is 7.51. The number of hydrogen-bond acceptors (Lipinski definition) is 4.